The van der Waals surface area contributed by atoms with Crippen LogP contribution >= 0.6 is 0 Å². The van der Waals surface area contributed by atoms with Crippen LogP contribution in [-0.2, 0) is 13.5 Å². The van der Waals surface area contributed by atoms with Gasteiger partial charge in [-0.3, -0.25) is 4.79 Å². The van der Waals surface area contributed by atoms with E-state index in [0.29, 0.717) is 23.5 Å². The van der Waals surface area contributed by atoms with E-state index in [9.17, 15) is 13.6 Å². The highest BCUT2D eigenvalue weighted by atomic mass is 19.3. The van der Waals surface area contributed by atoms with Crippen LogP contribution in [0.2, 0.25) is 0 Å². The Bertz CT molecular complexity index is 1480. The summed E-state index contributed by atoms with van der Waals surface area (Å²) in [4.78, 5) is 30.6. The van der Waals surface area contributed by atoms with Gasteiger partial charge in [-0.2, -0.15) is 5.10 Å². The van der Waals surface area contributed by atoms with Crippen LogP contribution in [0.3, 0.4) is 0 Å². The van der Waals surface area contributed by atoms with E-state index >= 15 is 0 Å². The predicted octanol–water partition coefficient (Wildman–Crippen LogP) is 3.17. The van der Waals surface area contributed by atoms with E-state index in [-0.39, 0.29) is 12.4 Å². The van der Waals surface area contributed by atoms with Crippen molar-refractivity contribution in [3.05, 3.63) is 77.8 Å². The van der Waals surface area contributed by atoms with Crippen molar-refractivity contribution in [2.24, 2.45) is 7.05 Å². The number of aryl methyl sites for hydroxylation is 1. The molecule has 1 amide bonds. The average Bonchev–Trinajstić information content (AvgIpc) is 3.62. The Kier molecular flexibility index (Phi) is 4.54. The molecule has 12 heteroatoms. The smallest absolute Gasteiger partial charge is 0.292 e. The van der Waals surface area contributed by atoms with Crippen LogP contribution in [0.15, 0.2) is 53.7 Å². The Morgan fingerprint density at radius 3 is 2.97 bits per heavy atom. The molecule has 34 heavy (non-hydrogen) atoms. The summed E-state index contributed by atoms with van der Waals surface area (Å²) in [5, 5.41) is 4.62. The molecule has 0 aromatic carbocycles. The molecule has 0 saturated heterocycles. The normalized spacial score (nSPS) is 15.9. The minimum absolute atomic E-state index is 0.0969. The summed E-state index contributed by atoms with van der Waals surface area (Å²) in [6.45, 7) is 0.261. The van der Waals surface area contributed by atoms with E-state index < -0.39 is 29.8 Å². The Morgan fingerprint density at radius 2 is 2.21 bits per heavy atom. The number of aromatic nitrogens is 7. The van der Waals surface area contributed by atoms with Crippen LogP contribution in [-0.4, -0.2) is 51.5 Å². The van der Waals surface area contributed by atoms with E-state index in [0.717, 1.165) is 11.2 Å². The van der Waals surface area contributed by atoms with Gasteiger partial charge in [0.2, 0.25) is 11.7 Å². The minimum Gasteiger partial charge on any atom is -0.429 e. The molecule has 172 valence electrons. The SMILES string of the molecule is Cn1cncc1-c1nc(C(F)F)c(C(=O)N2CCc3[nH]cnc3C2c2cc3ccccn3n2)o1. The molecule has 5 aromatic rings. The molecule has 1 N–H and O–H groups in total. The number of hydrogen-bond acceptors (Lipinski definition) is 6. The molecule has 10 nitrogen and oxygen atoms in total. The monoisotopic (exact) mass is 464 g/mol. The second kappa shape index (κ2) is 7.61. The lowest BCUT2D eigenvalue weighted by Gasteiger charge is -2.33. The van der Waals surface area contributed by atoms with E-state index in [2.05, 4.69) is 25.0 Å². The third-order valence-electron chi connectivity index (χ3n) is 5.94. The van der Waals surface area contributed by atoms with Crippen molar-refractivity contribution in [2.75, 3.05) is 6.54 Å². The van der Waals surface area contributed by atoms with Crippen molar-refractivity contribution in [1.82, 2.24) is 39.0 Å². The topological polar surface area (TPSA) is 110 Å². The van der Waals surface area contributed by atoms with Crippen LogP contribution < -0.4 is 0 Å². The molecule has 1 aliphatic rings. The summed E-state index contributed by atoms with van der Waals surface area (Å²) in [6, 6.07) is 6.79. The van der Waals surface area contributed by atoms with E-state index in [1.807, 2.05) is 24.3 Å². The van der Waals surface area contributed by atoms with Gasteiger partial charge in [0.15, 0.2) is 5.69 Å². The number of amides is 1. The number of carbonyl (C=O) groups is 1. The Hall–Kier alpha value is -4.35. The molecular formula is C22H18F2N8O2. The number of carbonyl (C=O) groups excluding carboxylic acids is 1. The van der Waals surface area contributed by atoms with Gasteiger partial charge in [0.05, 0.1) is 35.8 Å². The summed E-state index contributed by atoms with van der Waals surface area (Å²) in [5.74, 6) is -1.30. The van der Waals surface area contributed by atoms with E-state index in [1.165, 1.54) is 17.4 Å². The number of fused-ring (bicyclic) bond motifs is 2. The zero-order valence-electron chi connectivity index (χ0n) is 17.9. The quantitative estimate of drug-likeness (QED) is 0.438. The highest BCUT2D eigenvalue weighted by molar-refractivity contribution is 5.93. The van der Waals surface area contributed by atoms with Crippen molar-refractivity contribution >= 4 is 11.4 Å². The van der Waals surface area contributed by atoms with Gasteiger partial charge in [-0.1, -0.05) is 6.07 Å². The molecule has 0 fully saturated rings. The van der Waals surface area contributed by atoms with Crippen molar-refractivity contribution in [2.45, 2.75) is 18.9 Å². The predicted molar refractivity (Wildman–Crippen MR) is 114 cm³/mol. The largest absolute Gasteiger partial charge is 0.429 e. The first-order valence-electron chi connectivity index (χ1n) is 10.5. The third-order valence-corrected chi connectivity index (χ3v) is 5.94. The highest BCUT2D eigenvalue weighted by Crippen LogP contribution is 2.36. The first kappa shape index (κ1) is 20.3. The van der Waals surface area contributed by atoms with Gasteiger partial charge < -0.3 is 18.9 Å². The summed E-state index contributed by atoms with van der Waals surface area (Å²) in [7, 11) is 1.68. The number of alkyl halides is 2. The average molecular weight is 464 g/mol. The van der Waals surface area contributed by atoms with Crippen LogP contribution in [0.25, 0.3) is 17.1 Å². The second-order valence-electron chi connectivity index (χ2n) is 7.98. The lowest BCUT2D eigenvalue weighted by Crippen LogP contribution is -2.41. The van der Waals surface area contributed by atoms with Gasteiger partial charge in [0, 0.05) is 31.9 Å². The van der Waals surface area contributed by atoms with Gasteiger partial charge in [-0.15, -0.1) is 0 Å². The highest BCUT2D eigenvalue weighted by Gasteiger charge is 2.40. The number of rotatable bonds is 4. The van der Waals surface area contributed by atoms with Crippen LogP contribution in [0.1, 0.15) is 45.8 Å². The maximum absolute atomic E-state index is 13.9. The molecule has 0 bridgehead atoms. The molecule has 1 aliphatic heterocycles. The fraction of sp³-hybridized carbons (Fsp3) is 0.227. The summed E-state index contributed by atoms with van der Waals surface area (Å²) < 4.78 is 36.7. The van der Waals surface area contributed by atoms with Gasteiger partial charge in [-0.05, 0) is 18.2 Å². The number of H-pyrrole nitrogens is 1. The van der Waals surface area contributed by atoms with Crippen LogP contribution in [0.4, 0.5) is 8.78 Å². The zero-order valence-corrected chi connectivity index (χ0v) is 17.9. The number of halogens is 2. The lowest BCUT2D eigenvalue weighted by atomic mass is 9.99. The Balaban J connectivity index is 1.46. The number of imidazole rings is 2. The molecule has 1 atom stereocenters. The summed E-state index contributed by atoms with van der Waals surface area (Å²) in [5.41, 5.74) is 2.56. The lowest BCUT2D eigenvalue weighted by molar-refractivity contribution is 0.0640. The molecule has 1 unspecified atom stereocenters. The zero-order chi connectivity index (χ0) is 23.4. The molecule has 6 heterocycles. The van der Waals surface area contributed by atoms with Crippen molar-refractivity contribution in [1.29, 1.82) is 0 Å². The first-order valence-corrected chi connectivity index (χ1v) is 10.5. The minimum atomic E-state index is -3.00. The second-order valence-corrected chi connectivity index (χ2v) is 7.98. The van der Waals surface area contributed by atoms with E-state index in [1.54, 1.807) is 28.7 Å². The number of nitrogens with zero attached hydrogens (tertiary/aromatic N) is 7. The number of hydrogen-bond donors (Lipinski definition) is 1. The molecule has 0 spiro atoms. The third kappa shape index (κ3) is 3.10. The first-order chi connectivity index (χ1) is 16.5. The molecule has 0 saturated carbocycles. The fourth-order valence-corrected chi connectivity index (χ4v) is 4.32. The Labute approximate surface area is 190 Å². The van der Waals surface area contributed by atoms with Crippen molar-refractivity contribution in [3.8, 4) is 11.6 Å². The van der Waals surface area contributed by atoms with Crippen LogP contribution in [0, 0.1) is 0 Å². The maximum atomic E-state index is 13.9. The molecule has 5 aromatic heterocycles. The summed E-state index contributed by atoms with van der Waals surface area (Å²) in [6.07, 6.45) is 3.77. The van der Waals surface area contributed by atoms with Crippen molar-refractivity contribution in [3.63, 3.8) is 0 Å². The molecule has 0 radical (unpaired) electrons. The van der Waals surface area contributed by atoms with Crippen molar-refractivity contribution < 1.29 is 18.0 Å². The molecule has 0 aliphatic carbocycles. The molecular weight excluding hydrogens is 446 g/mol. The number of aromatic amines is 1. The van der Waals surface area contributed by atoms with Gasteiger partial charge >= 0.3 is 0 Å². The number of pyridine rings is 1. The number of nitrogens with one attached hydrogen (secondary N) is 1. The van der Waals surface area contributed by atoms with Gasteiger partial charge in [0.25, 0.3) is 12.3 Å². The summed E-state index contributed by atoms with van der Waals surface area (Å²) >= 11 is 0. The standard InChI is InChI=1S/C22H18F2N8O2/c1-30-11-25-9-15(30)21-28-17(20(23)24)19(34-21)22(33)31-7-5-13-16(27-10-26-13)18(31)14-8-12-4-2-3-6-32(12)29-14/h2-4,6,8-11,18,20H,5,7H2,1H3,(H,26,27). The van der Waals surface area contributed by atoms with E-state index in [4.69, 9.17) is 4.42 Å². The fourth-order valence-electron chi connectivity index (χ4n) is 4.32. The number of oxazole rings is 1. The van der Waals surface area contributed by atoms with Gasteiger partial charge in [0.1, 0.15) is 11.7 Å². The van der Waals surface area contributed by atoms with Crippen LogP contribution in [0.5, 0.6) is 0 Å². The van der Waals surface area contributed by atoms with Gasteiger partial charge in [-0.25, -0.2) is 28.2 Å². The Morgan fingerprint density at radius 1 is 1.32 bits per heavy atom. The molecule has 6 rings (SSSR count). The maximum Gasteiger partial charge on any atom is 0.292 e.